The predicted molar refractivity (Wildman–Crippen MR) is 84.3 cm³/mol. The molecule has 0 aromatic heterocycles. The average molecular weight is 318 g/mol. The molecule has 2 aromatic rings. The van der Waals surface area contributed by atoms with Gasteiger partial charge in [0.25, 0.3) is 0 Å². The second kappa shape index (κ2) is 7.00. The first kappa shape index (κ1) is 16.6. The van der Waals surface area contributed by atoms with E-state index in [0.29, 0.717) is 27.8 Å². The van der Waals surface area contributed by atoms with E-state index in [-0.39, 0.29) is 12.4 Å². The fourth-order valence-electron chi connectivity index (χ4n) is 2.23. The molecular weight excluding hydrogens is 300 g/mol. The first-order valence-corrected chi connectivity index (χ1v) is 7.05. The summed E-state index contributed by atoms with van der Waals surface area (Å²) in [6.45, 7) is 3.27. The van der Waals surface area contributed by atoms with Gasteiger partial charge in [-0.15, -0.1) is 0 Å². The lowest BCUT2D eigenvalue weighted by Gasteiger charge is -2.13. The molecule has 0 fully saturated rings. The van der Waals surface area contributed by atoms with Crippen molar-refractivity contribution >= 4 is 22.7 Å². The Hall–Kier alpha value is -2.76. The smallest absolute Gasteiger partial charge is 0.338 e. The van der Waals surface area contributed by atoms with Crippen LogP contribution in [-0.4, -0.2) is 32.8 Å². The second-order valence-electron chi connectivity index (χ2n) is 4.72. The number of methoxy groups -OCH3 is 2. The lowest BCUT2D eigenvalue weighted by molar-refractivity contribution is -0.131. The third-order valence-electron chi connectivity index (χ3n) is 3.18. The van der Waals surface area contributed by atoms with Gasteiger partial charge in [-0.3, -0.25) is 4.79 Å². The van der Waals surface area contributed by atoms with Crippen LogP contribution >= 0.6 is 0 Å². The van der Waals surface area contributed by atoms with E-state index < -0.39 is 11.9 Å². The topological polar surface area (TPSA) is 71.1 Å². The molecule has 0 aliphatic carbocycles. The highest BCUT2D eigenvalue weighted by molar-refractivity contribution is 6.00. The second-order valence-corrected chi connectivity index (χ2v) is 4.72. The summed E-state index contributed by atoms with van der Waals surface area (Å²) < 4.78 is 20.8. The summed E-state index contributed by atoms with van der Waals surface area (Å²) >= 11 is 0. The van der Waals surface area contributed by atoms with Crippen LogP contribution < -0.4 is 14.2 Å². The van der Waals surface area contributed by atoms with Crippen LogP contribution in [0.2, 0.25) is 0 Å². The van der Waals surface area contributed by atoms with Crippen molar-refractivity contribution in [3.8, 4) is 17.2 Å². The minimum absolute atomic E-state index is 0.256. The molecule has 0 heterocycles. The molecule has 0 N–H and O–H groups in total. The number of ether oxygens (including phenoxy) is 4. The van der Waals surface area contributed by atoms with Crippen molar-refractivity contribution in [2.75, 3.05) is 20.8 Å². The van der Waals surface area contributed by atoms with Gasteiger partial charge in [0.05, 0.1) is 26.4 Å². The van der Waals surface area contributed by atoms with Crippen LogP contribution in [0, 0.1) is 0 Å². The van der Waals surface area contributed by atoms with E-state index in [1.165, 1.54) is 27.2 Å². The molecule has 0 unspecified atom stereocenters. The zero-order chi connectivity index (χ0) is 17.0. The molecule has 0 bridgehead atoms. The van der Waals surface area contributed by atoms with Crippen molar-refractivity contribution in [2.24, 2.45) is 0 Å². The lowest BCUT2D eigenvalue weighted by atomic mass is 10.0. The SMILES string of the molecule is CCOC(=O)c1cc(OC(C)=O)c2cc(OC)c(OC)cc2c1. The minimum atomic E-state index is -0.488. The fourth-order valence-corrected chi connectivity index (χ4v) is 2.23. The summed E-state index contributed by atoms with van der Waals surface area (Å²) in [5.41, 5.74) is 0.294. The Balaban J connectivity index is 2.69. The first-order valence-electron chi connectivity index (χ1n) is 7.05. The summed E-state index contributed by atoms with van der Waals surface area (Å²) in [6, 6.07) is 6.54. The number of carbonyl (C=O) groups is 2. The molecule has 6 nitrogen and oxygen atoms in total. The summed E-state index contributed by atoms with van der Waals surface area (Å²) in [5, 5.41) is 1.30. The number of carbonyl (C=O) groups excluding carboxylic acids is 2. The largest absolute Gasteiger partial charge is 0.493 e. The van der Waals surface area contributed by atoms with Gasteiger partial charge in [0, 0.05) is 12.3 Å². The van der Waals surface area contributed by atoms with Crippen LogP contribution in [0.5, 0.6) is 17.2 Å². The Morgan fingerprint density at radius 3 is 2.17 bits per heavy atom. The summed E-state index contributed by atoms with van der Waals surface area (Å²) in [7, 11) is 3.04. The van der Waals surface area contributed by atoms with Gasteiger partial charge in [-0.2, -0.15) is 0 Å². The zero-order valence-corrected chi connectivity index (χ0v) is 13.5. The van der Waals surface area contributed by atoms with Gasteiger partial charge >= 0.3 is 11.9 Å². The van der Waals surface area contributed by atoms with Gasteiger partial charge in [-0.1, -0.05) is 0 Å². The zero-order valence-electron chi connectivity index (χ0n) is 13.5. The van der Waals surface area contributed by atoms with Gasteiger partial charge in [0.1, 0.15) is 5.75 Å². The summed E-state index contributed by atoms with van der Waals surface area (Å²) in [5.74, 6) is 0.297. The van der Waals surface area contributed by atoms with E-state index in [2.05, 4.69) is 0 Å². The number of rotatable bonds is 5. The van der Waals surface area contributed by atoms with Crippen molar-refractivity contribution in [3.63, 3.8) is 0 Å². The van der Waals surface area contributed by atoms with E-state index in [1.807, 2.05) is 0 Å². The highest BCUT2D eigenvalue weighted by atomic mass is 16.5. The number of benzene rings is 2. The highest BCUT2D eigenvalue weighted by Gasteiger charge is 2.16. The van der Waals surface area contributed by atoms with Crippen LogP contribution in [-0.2, 0) is 9.53 Å². The van der Waals surface area contributed by atoms with Crippen LogP contribution in [0.25, 0.3) is 10.8 Å². The minimum Gasteiger partial charge on any atom is -0.493 e. The van der Waals surface area contributed by atoms with Gasteiger partial charge in [0.15, 0.2) is 11.5 Å². The third-order valence-corrected chi connectivity index (χ3v) is 3.18. The van der Waals surface area contributed by atoms with Crippen molar-refractivity contribution in [1.82, 2.24) is 0 Å². The molecule has 0 aliphatic heterocycles. The van der Waals surface area contributed by atoms with E-state index in [1.54, 1.807) is 25.1 Å². The molecular formula is C17H18O6. The predicted octanol–water partition coefficient (Wildman–Crippen LogP) is 2.96. The quantitative estimate of drug-likeness (QED) is 0.623. The monoisotopic (exact) mass is 318 g/mol. The van der Waals surface area contributed by atoms with Crippen molar-refractivity contribution in [3.05, 3.63) is 29.8 Å². The Morgan fingerprint density at radius 1 is 0.957 bits per heavy atom. The highest BCUT2D eigenvalue weighted by Crippen LogP contribution is 2.37. The van der Waals surface area contributed by atoms with Crippen molar-refractivity contribution < 1.29 is 28.5 Å². The van der Waals surface area contributed by atoms with Crippen molar-refractivity contribution in [1.29, 1.82) is 0 Å². The number of hydrogen-bond donors (Lipinski definition) is 0. The van der Waals surface area contributed by atoms with E-state index in [4.69, 9.17) is 18.9 Å². The Kier molecular flexibility index (Phi) is 5.05. The van der Waals surface area contributed by atoms with Crippen LogP contribution in [0.4, 0.5) is 0 Å². The van der Waals surface area contributed by atoms with Gasteiger partial charge in [-0.25, -0.2) is 4.79 Å². The molecule has 0 saturated carbocycles. The first-order chi connectivity index (χ1) is 11.0. The van der Waals surface area contributed by atoms with E-state index in [9.17, 15) is 9.59 Å². The molecule has 0 radical (unpaired) electrons. The maximum Gasteiger partial charge on any atom is 0.338 e. The standard InChI is InChI=1S/C17H18O6/c1-5-22-17(19)12-6-11-7-15(20-3)16(21-4)9-13(11)14(8-12)23-10(2)18/h6-9H,5H2,1-4H3. The Morgan fingerprint density at radius 2 is 1.61 bits per heavy atom. The molecule has 0 aliphatic rings. The number of hydrogen-bond acceptors (Lipinski definition) is 6. The molecule has 23 heavy (non-hydrogen) atoms. The molecule has 2 aromatic carbocycles. The van der Waals surface area contributed by atoms with Crippen LogP contribution in [0.1, 0.15) is 24.2 Å². The number of esters is 2. The molecule has 6 heteroatoms. The third kappa shape index (κ3) is 3.53. The van der Waals surface area contributed by atoms with Crippen LogP contribution in [0.3, 0.4) is 0 Å². The van der Waals surface area contributed by atoms with Gasteiger partial charge in [-0.05, 0) is 36.6 Å². The Bertz CT molecular complexity index is 750. The Labute approximate surface area is 133 Å². The lowest BCUT2D eigenvalue weighted by Crippen LogP contribution is -2.07. The fraction of sp³-hybridized carbons (Fsp3) is 0.294. The average Bonchev–Trinajstić information content (AvgIpc) is 2.53. The summed E-state index contributed by atoms with van der Waals surface area (Å²) in [6.07, 6.45) is 0. The molecule has 2 rings (SSSR count). The molecule has 0 spiro atoms. The molecule has 0 amide bonds. The van der Waals surface area contributed by atoms with Crippen molar-refractivity contribution in [2.45, 2.75) is 13.8 Å². The van der Waals surface area contributed by atoms with Crippen LogP contribution in [0.15, 0.2) is 24.3 Å². The molecule has 122 valence electrons. The maximum absolute atomic E-state index is 12.0. The normalized spacial score (nSPS) is 10.3. The molecule has 0 saturated heterocycles. The van der Waals surface area contributed by atoms with E-state index in [0.717, 1.165) is 0 Å². The summed E-state index contributed by atoms with van der Waals surface area (Å²) in [4.78, 5) is 23.3. The van der Waals surface area contributed by atoms with Gasteiger partial charge in [0.2, 0.25) is 0 Å². The van der Waals surface area contributed by atoms with E-state index >= 15 is 0 Å². The molecule has 0 atom stereocenters. The number of fused-ring (bicyclic) bond motifs is 1. The maximum atomic E-state index is 12.0. The van der Waals surface area contributed by atoms with Gasteiger partial charge < -0.3 is 18.9 Å².